The number of rotatable bonds is 4. The second-order valence-electron chi connectivity index (χ2n) is 4.48. The molecule has 1 heterocycles. The highest BCUT2D eigenvalue weighted by atomic mass is 79.9. The molecule has 1 aromatic rings. The molecule has 1 aromatic carbocycles. The lowest BCUT2D eigenvalue weighted by Gasteiger charge is -2.20. The van der Waals surface area contributed by atoms with Gasteiger partial charge < -0.3 is 9.64 Å². The SMILES string of the molecule is COCC1CCN(c2ccc(CBr)cc2Br)C1. The van der Waals surface area contributed by atoms with Gasteiger partial charge in [0.15, 0.2) is 0 Å². The number of halogens is 2. The lowest BCUT2D eigenvalue weighted by Crippen LogP contribution is -2.21. The topological polar surface area (TPSA) is 12.5 Å². The molecule has 0 radical (unpaired) electrons. The fraction of sp³-hybridized carbons (Fsp3) is 0.538. The molecule has 0 aliphatic carbocycles. The highest BCUT2D eigenvalue weighted by Crippen LogP contribution is 2.32. The number of benzene rings is 1. The standard InChI is InChI=1S/C13H17Br2NO/c1-17-9-11-4-5-16(8-11)13-3-2-10(7-14)6-12(13)15/h2-3,6,11H,4-5,7-9H2,1H3. The molecule has 1 atom stereocenters. The Morgan fingerprint density at radius 2 is 2.29 bits per heavy atom. The van der Waals surface area contributed by atoms with E-state index in [-0.39, 0.29) is 0 Å². The van der Waals surface area contributed by atoms with Crippen LogP contribution in [0.2, 0.25) is 0 Å². The molecule has 0 saturated carbocycles. The van der Waals surface area contributed by atoms with E-state index in [9.17, 15) is 0 Å². The smallest absolute Gasteiger partial charge is 0.0510 e. The molecule has 0 N–H and O–H groups in total. The number of hydrogen-bond acceptors (Lipinski definition) is 2. The normalized spacial score (nSPS) is 19.9. The minimum atomic E-state index is 0.669. The Labute approximate surface area is 120 Å². The molecule has 17 heavy (non-hydrogen) atoms. The Kier molecular flexibility index (Phi) is 4.88. The first-order chi connectivity index (χ1) is 8.24. The molecule has 1 unspecified atom stereocenters. The highest BCUT2D eigenvalue weighted by molar-refractivity contribution is 9.10. The summed E-state index contributed by atoms with van der Waals surface area (Å²) in [5, 5.41) is 0.901. The predicted molar refractivity (Wildman–Crippen MR) is 79.0 cm³/mol. The van der Waals surface area contributed by atoms with Gasteiger partial charge in [-0.1, -0.05) is 22.0 Å². The Morgan fingerprint density at radius 1 is 1.47 bits per heavy atom. The van der Waals surface area contributed by atoms with Crippen molar-refractivity contribution in [2.75, 3.05) is 31.7 Å². The van der Waals surface area contributed by atoms with Crippen LogP contribution in [0.25, 0.3) is 0 Å². The third kappa shape index (κ3) is 3.24. The van der Waals surface area contributed by atoms with Crippen LogP contribution in [-0.2, 0) is 10.1 Å². The van der Waals surface area contributed by atoms with Gasteiger partial charge in [-0.05, 0) is 40.0 Å². The summed E-state index contributed by atoms with van der Waals surface area (Å²) >= 11 is 7.14. The molecule has 94 valence electrons. The zero-order chi connectivity index (χ0) is 12.3. The van der Waals surface area contributed by atoms with E-state index < -0.39 is 0 Å². The molecular weight excluding hydrogens is 346 g/mol. The van der Waals surface area contributed by atoms with Gasteiger partial charge in [-0.3, -0.25) is 0 Å². The van der Waals surface area contributed by atoms with E-state index in [1.807, 2.05) is 0 Å². The van der Waals surface area contributed by atoms with Crippen molar-refractivity contribution in [3.8, 4) is 0 Å². The largest absolute Gasteiger partial charge is 0.384 e. The molecule has 1 fully saturated rings. The molecular formula is C13H17Br2NO. The maximum Gasteiger partial charge on any atom is 0.0510 e. The second-order valence-corrected chi connectivity index (χ2v) is 5.89. The molecule has 1 aliphatic rings. The molecule has 1 saturated heterocycles. The first kappa shape index (κ1) is 13.4. The summed E-state index contributed by atoms with van der Waals surface area (Å²) in [4.78, 5) is 2.44. The van der Waals surface area contributed by atoms with Crippen molar-refractivity contribution < 1.29 is 4.74 Å². The van der Waals surface area contributed by atoms with E-state index in [1.165, 1.54) is 22.1 Å². The minimum Gasteiger partial charge on any atom is -0.384 e. The monoisotopic (exact) mass is 361 g/mol. The average Bonchev–Trinajstić information content (AvgIpc) is 2.78. The number of ether oxygens (including phenoxy) is 1. The molecule has 0 aromatic heterocycles. The van der Waals surface area contributed by atoms with Gasteiger partial charge in [0.1, 0.15) is 0 Å². The average molecular weight is 363 g/mol. The summed E-state index contributed by atoms with van der Waals surface area (Å²) in [5.74, 6) is 0.669. The Bertz CT molecular complexity index is 384. The van der Waals surface area contributed by atoms with E-state index in [2.05, 4.69) is 55.0 Å². The second kappa shape index (κ2) is 6.21. The van der Waals surface area contributed by atoms with Crippen LogP contribution in [0.15, 0.2) is 22.7 Å². The number of methoxy groups -OCH3 is 1. The first-order valence-corrected chi connectivity index (χ1v) is 7.74. The van der Waals surface area contributed by atoms with Crippen molar-refractivity contribution in [2.24, 2.45) is 5.92 Å². The van der Waals surface area contributed by atoms with Crippen molar-refractivity contribution in [3.63, 3.8) is 0 Å². The van der Waals surface area contributed by atoms with E-state index >= 15 is 0 Å². The van der Waals surface area contributed by atoms with Crippen LogP contribution >= 0.6 is 31.9 Å². The quantitative estimate of drug-likeness (QED) is 0.755. The maximum absolute atomic E-state index is 5.23. The number of hydrogen-bond donors (Lipinski definition) is 0. The molecule has 0 amide bonds. The number of alkyl halides is 1. The summed E-state index contributed by atoms with van der Waals surface area (Å²) in [6.45, 7) is 3.09. The summed E-state index contributed by atoms with van der Waals surface area (Å²) in [6.07, 6.45) is 1.22. The van der Waals surface area contributed by atoms with Gasteiger partial charge in [-0.25, -0.2) is 0 Å². The summed E-state index contributed by atoms with van der Waals surface area (Å²) in [7, 11) is 1.78. The zero-order valence-electron chi connectivity index (χ0n) is 9.96. The zero-order valence-corrected chi connectivity index (χ0v) is 13.1. The minimum absolute atomic E-state index is 0.669. The molecule has 1 aliphatic heterocycles. The lowest BCUT2D eigenvalue weighted by atomic mass is 10.1. The van der Waals surface area contributed by atoms with Gasteiger partial charge in [0.25, 0.3) is 0 Å². The van der Waals surface area contributed by atoms with Crippen molar-refractivity contribution in [1.29, 1.82) is 0 Å². The van der Waals surface area contributed by atoms with Gasteiger partial charge in [0.05, 0.1) is 12.3 Å². The number of anilines is 1. The molecule has 4 heteroatoms. The van der Waals surface area contributed by atoms with Gasteiger partial charge in [0, 0.05) is 35.9 Å². The van der Waals surface area contributed by atoms with E-state index in [0.717, 1.165) is 25.0 Å². The van der Waals surface area contributed by atoms with Crippen LogP contribution in [0.1, 0.15) is 12.0 Å². The fourth-order valence-electron chi connectivity index (χ4n) is 2.31. The van der Waals surface area contributed by atoms with Crippen LogP contribution in [-0.4, -0.2) is 26.8 Å². The number of nitrogens with zero attached hydrogens (tertiary/aromatic N) is 1. The van der Waals surface area contributed by atoms with Crippen molar-refractivity contribution in [2.45, 2.75) is 11.8 Å². The Hall–Kier alpha value is -0.0600. The molecule has 0 spiro atoms. The fourth-order valence-corrected chi connectivity index (χ4v) is 3.34. The highest BCUT2D eigenvalue weighted by Gasteiger charge is 2.23. The third-order valence-electron chi connectivity index (χ3n) is 3.20. The van der Waals surface area contributed by atoms with Gasteiger partial charge in [-0.2, -0.15) is 0 Å². The van der Waals surface area contributed by atoms with Crippen LogP contribution in [0.4, 0.5) is 5.69 Å². The van der Waals surface area contributed by atoms with E-state index in [4.69, 9.17) is 4.74 Å². The lowest BCUT2D eigenvalue weighted by molar-refractivity contribution is 0.161. The van der Waals surface area contributed by atoms with Gasteiger partial charge >= 0.3 is 0 Å². The molecule has 0 bridgehead atoms. The first-order valence-electron chi connectivity index (χ1n) is 5.83. The Morgan fingerprint density at radius 3 is 2.94 bits per heavy atom. The van der Waals surface area contributed by atoms with Crippen molar-refractivity contribution >= 4 is 37.5 Å². The molecule has 2 rings (SSSR count). The maximum atomic E-state index is 5.23. The van der Waals surface area contributed by atoms with Crippen molar-refractivity contribution in [1.82, 2.24) is 0 Å². The van der Waals surface area contributed by atoms with E-state index in [1.54, 1.807) is 7.11 Å². The van der Waals surface area contributed by atoms with Crippen molar-refractivity contribution in [3.05, 3.63) is 28.2 Å². The summed E-state index contributed by atoms with van der Waals surface area (Å²) in [5.41, 5.74) is 2.60. The van der Waals surface area contributed by atoms with Gasteiger partial charge in [0.2, 0.25) is 0 Å². The van der Waals surface area contributed by atoms with Crippen LogP contribution in [0.3, 0.4) is 0 Å². The summed E-state index contributed by atoms with van der Waals surface area (Å²) in [6, 6.07) is 6.57. The third-order valence-corrected chi connectivity index (χ3v) is 4.48. The predicted octanol–water partition coefficient (Wildman–Crippen LogP) is 3.82. The molecule has 2 nitrogen and oxygen atoms in total. The summed E-state index contributed by atoms with van der Waals surface area (Å²) < 4.78 is 6.42. The van der Waals surface area contributed by atoms with Crippen LogP contribution in [0.5, 0.6) is 0 Å². The Balaban J connectivity index is 2.08. The van der Waals surface area contributed by atoms with Crippen LogP contribution < -0.4 is 4.90 Å². The van der Waals surface area contributed by atoms with E-state index in [0.29, 0.717) is 5.92 Å². The van der Waals surface area contributed by atoms with Gasteiger partial charge in [-0.15, -0.1) is 0 Å². The van der Waals surface area contributed by atoms with Crippen LogP contribution in [0, 0.1) is 5.92 Å².